The van der Waals surface area contributed by atoms with Crippen LogP contribution < -0.4 is 21.3 Å². The standard InChI is InChI=1S/C33H47N5O5/c1-6-9-14-26(29(39)31(41)34-16-7-2)36-30(40)28-25(21(4)5)15-18-38(28)32(42)27(37-33(43)35-17-8-3)24-19-22-12-10-11-13-23(22)20-24/h6-7,10-13,21,24-28H,1-2,8-9,14-20H2,3-5H3,(H,34,41)(H,36,40)(H2,35,37,43)/t25?,26?,27-,28-/m0/s1. The second-order valence-corrected chi connectivity index (χ2v) is 11.8. The number of nitrogens with zero attached hydrogens (tertiary/aromatic N) is 1. The molecule has 0 spiro atoms. The number of likely N-dealkylation sites (tertiary alicyclic amines) is 1. The van der Waals surface area contributed by atoms with Gasteiger partial charge in [0.05, 0.1) is 6.04 Å². The summed E-state index contributed by atoms with van der Waals surface area (Å²) in [5.74, 6) is -2.62. The molecule has 2 unspecified atom stereocenters. The predicted octanol–water partition coefficient (Wildman–Crippen LogP) is 2.67. The van der Waals surface area contributed by atoms with E-state index in [1.165, 1.54) is 6.08 Å². The number of nitrogens with one attached hydrogen (secondary N) is 4. The number of carbonyl (C=O) groups is 5. The number of hydrogen-bond acceptors (Lipinski definition) is 5. The Hall–Kier alpha value is -3.95. The number of ketones is 1. The summed E-state index contributed by atoms with van der Waals surface area (Å²) in [4.78, 5) is 68.2. The molecule has 3 rings (SSSR count). The van der Waals surface area contributed by atoms with E-state index in [0.717, 1.165) is 17.5 Å². The van der Waals surface area contributed by atoms with Crippen LogP contribution in [0.25, 0.3) is 0 Å². The lowest BCUT2D eigenvalue weighted by molar-refractivity contribution is -0.144. The van der Waals surface area contributed by atoms with Crippen LogP contribution in [0.15, 0.2) is 49.6 Å². The molecule has 234 valence electrons. The number of rotatable bonds is 15. The third kappa shape index (κ3) is 8.55. The fraction of sp³-hybridized carbons (Fsp3) is 0.545. The van der Waals surface area contributed by atoms with E-state index in [4.69, 9.17) is 0 Å². The summed E-state index contributed by atoms with van der Waals surface area (Å²) >= 11 is 0. The van der Waals surface area contributed by atoms with Gasteiger partial charge >= 0.3 is 6.03 Å². The smallest absolute Gasteiger partial charge is 0.315 e. The zero-order valence-corrected chi connectivity index (χ0v) is 25.7. The summed E-state index contributed by atoms with van der Waals surface area (Å²) in [7, 11) is 0. The number of allylic oxidation sites excluding steroid dienone is 1. The maximum absolute atomic E-state index is 14.3. The van der Waals surface area contributed by atoms with E-state index in [1.807, 2.05) is 45.0 Å². The van der Waals surface area contributed by atoms with Crippen LogP contribution in [0.2, 0.25) is 0 Å². The number of urea groups is 1. The van der Waals surface area contributed by atoms with Crippen LogP contribution in [0, 0.1) is 17.8 Å². The zero-order valence-electron chi connectivity index (χ0n) is 25.7. The summed E-state index contributed by atoms with van der Waals surface area (Å²) in [5, 5.41) is 11.0. The van der Waals surface area contributed by atoms with E-state index < -0.39 is 41.8 Å². The first-order valence-electron chi connectivity index (χ1n) is 15.4. The van der Waals surface area contributed by atoms with Gasteiger partial charge in [0.2, 0.25) is 17.6 Å². The maximum atomic E-state index is 14.3. The highest BCUT2D eigenvalue weighted by molar-refractivity contribution is 6.38. The molecule has 10 heteroatoms. The SMILES string of the molecule is C=CCCC(NC(=O)[C@@H]1C(C(C)C)CCN1C(=O)[C@@H](NC(=O)NCCC)C1Cc2ccccc2C1)C(=O)C(=O)NCC=C. The van der Waals surface area contributed by atoms with Gasteiger partial charge in [-0.15, -0.1) is 13.2 Å². The first-order valence-corrected chi connectivity index (χ1v) is 15.4. The minimum atomic E-state index is -1.07. The van der Waals surface area contributed by atoms with Crippen molar-refractivity contribution in [3.05, 3.63) is 60.7 Å². The van der Waals surface area contributed by atoms with E-state index in [-0.39, 0.29) is 36.6 Å². The quantitative estimate of drug-likeness (QED) is 0.183. The van der Waals surface area contributed by atoms with E-state index in [2.05, 4.69) is 34.4 Å². The van der Waals surface area contributed by atoms with Crippen LogP contribution in [0.1, 0.15) is 57.6 Å². The number of fused-ring (bicyclic) bond motifs is 1. The normalized spacial score (nSPS) is 19.2. The Balaban J connectivity index is 1.88. The molecule has 0 aromatic heterocycles. The first kappa shape index (κ1) is 33.6. The van der Waals surface area contributed by atoms with Crippen molar-refractivity contribution in [3.8, 4) is 0 Å². The van der Waals surface area contributed by atoms with E-state index in [9.17, 15) is 24.0 Å². The van der Waals surface area contributed by atoms with Crippen LogP contribution in [0.4, 0.5) is 4.79 Å². The second kappa shape index (κ2) is 16.0. The fourth-order valence-corrected chi connectivity index (χ4v) is 6.14. The van der Waals surface area contributed by atoms with Gasteiger partial charge < -0.3 is 26.2 Å². The Bertz CT molecular complexity index is 1170. The van der Waals surface area contributed by atoms with E-state index in [1.54, 1.807) is 11.0 Å². The molecule has 10 nitrogen and oxygen atoms in total. The van der Waals surface area contributed by atoms with Crippen molar-refractivity contribution in [2.75, 3.05) is 19.6 Å². The van der Waals surface area contributed by atoms with E-state index in [0.29, 0.717) is 38.8 Å². The molecule has 2 aliphatic rings. The first-order chi connectivity index (χ1) is 20.6. The largest absolute Gasteiger partial charge is 0.346 e. The molecule has 4 N–H and O–H groups in total. The number of amides is 5. The maximum Gasteiger partial charge on any atom is 0.315 e. The van der Waals surface area contributed by atoms with E-state index >= 15 is 0 Å². The molecule has 1 aromatic rings. The number of hydrogen-bond donors (Lipinski definition) is 4. The Labute approximate surface area is 255 Å². The minimum Gasteiger partial charge on any atom is -0.346 e. The van der Waals surface area contributed by atoms with Crippen molar-refractivity contribution in [2.24, 2.45) is 17.8 Å². The van der Waals surface area contributed by atoms with Crippen molar-refractivity contribution in [1.82, 2.24) is 26.2 Å². The molecule has 4 atom stereocenters. The summed E-state index contributed by atoms with van der Waals surface area (Å²) < 4.78 is 0. The van der Waals surface area contributed by atoms with Gasteiger partial charge in [-0.2, -0.15) is 0 Å². The Morgan fingerprint density at radius 2 is 1.67 bits per heavy atom. The molecular formula is C33H47N5O5. The highest BCUT2D eigenvalue weighted by Crippen LogP contribution is 2.34. The van der Waals surface area contributed by atoms with Gasteiger partial charge in [0.25, 0.3) is 5.91 Å². The highest BCUT2D eigenvalue weighted by atomic mass is 16.2. The molecule has 1 aliphatic carbocycles. The monoisotopic (exact) mass is 593 g/mol. The lowest BCUT2D eigenvalue weighted by Crippen LogP contribution is -2.60. The van der Waals surface area contributed by atoms with Crippen LogP contribution in [-0.2, 0) is 32.0 Å². The summed E-state index contributed by atoms with van der Waals surface area (Å²) in [5.41, 5.74) is 2.30. The Morgan fingerprint density at radius 1 is 1.00 bits per heavy atom. The van der Waals surface area contributed by atoms with Gasteiger partial charge in [0.15, 0.2) is 0 Å². The molecule has 1 aromatic carbocycles. The zero-order chi connectivity index (χ0) is 31.5. The van der Waals surface area contributed by atoms with Gasteiger partial charge in [-0.05, 0) is 67.4 Å². The predicted molar refractivity (Wildman–Crippen MR) is 166 cm³/mol. The number of benzene rings is 1. The summed E-state index contributed by atoms with van der Waals surface area (Å²) in [6, 6.07) is 4.84. The van der Waals surface area contributed by atoms with Crippen LogP contribution in [0.3, 0.4) is 0 Å². The average Bonchev–Trinajstić information content (AvgIpc) is 3.64. The number of carbonyl (C=O) groups excluding carboxylic acids is 5. The fourth-order valence-electron chi connectivity index (χ4n) is 6.14. The lowest BCUT2D eigenvalue weighted by Gasteiger charge is -2.34. The van der Waals surface area contributed by atoms with Crippen LogP contribution >= 0.6 is 0 Å². The van der Waals surface area contributed by atoms with Gasteiger partial charge in [0.1, 0.15) is 12.1 Å². The van der Waals surface area contributed by atoms with Crippen molar-refractivity contribution in [1.29, 1.82) is 0 Å². The van der Waals surface area contributed by atoms with Crippen LogP contribution in [-0.4, -0.2) is 72.2 Å². The van der Waals surface area contributed by atoms with Crippen molar-refractivity contribution >= 4 is 29.5 Å². The topological polar surface area (TPSA) is 137 Å². The molecule has 1 fully saturated rings. The molecular weight excluding hydrogens is 546 g/mol. The van der Waals surface area contributed by atoms with Crippen LogP contribution in [0.5, 0.6) is 0 Å². The molecule has 0 bridgehead atoms. The molecule has 0 radical (unpaired) electrons. The van der Waals surface area contributed by atoms with Gasteiger partial charge in [0, 0.05) is 19.6 Å². The minimum absolute atomic E-state index is 0.0711. The summed E-state index contributed by atoms with van der Waals surface area (Å²) in [6.45, 7) is 14.1. The Kier molecular flexibility index (Phi) is 12.5. The van der Waals surface area contributed by atoms with Gasteiger partial charge in [-0.3, -0.25) is 19.2 Å². The molecule has 5 amide bonds. The average molecular weight is 594 g/mol. The lowest BCUT2D eigenvalue weighted by atomic mass is 9.87. The summed E-state index contributed by atoms with van der Waals surface area (Å²) in [6.07, 6.45) is 6.32. The van der Waals surface area contributed by atoms with Crippen molar-refractivity contribution in [3.63, 3.8) is 0 Å². The third-order valence-electron chi connectivity index (χ3n) is 8.42. The van der Waals surface area contributed by atoms with Crippen molar-refractivity contribution < 1.29 is 24.0 Å². The molecule has 0 saturated carbocycles. The Morgan fingerprint density at radius 3 is 2.26 bits per heavy atom. The van der Waals surface area contributed by atoms with Gasteiger partial charge in [-0.1, -0.05) is 57.2 Å². The molecule has 1 aliphatic heterocycles. The third-order valence-corrected chi connectivity index (χ3v) is 8.42. The highest BCUT2D eigenvalue weighted by Gasteiger charge is 2.47. The molecule has 1 saturated heterocycles. The molecule has 43 heavy (non-hydrogen) atoms. The van der Waals surface area contributed by atoms with Gasteiger partial charge in [-0.25, -0.2) is 4.79 Å². The van der Waals surface area contributed by atoms with Crippen molar-refractivity contribution in [2.45, 2.75) is 77.4 Å². The molecule has 1 heterocycles. The second-order valence-electron chi connectivity index (χ2n) is 11.8. The number of Topliss-reactive ketones (excluding diaryl/α,β-unsaturated/α-hetero) is 1.